The Bertz CT molecular complexity index is 1880. The number of benzene rings is 5. The van der Waals surface area contributed by atoms with Crippen LogP contribution in [-0.2, 0) is 10.8 Å². The van der Waals surface area contributed by atoms with Gasteiger partial charge in [0.2, 0.25) is 0 Å². The lowest BCUT2D eigenvalue weighted by atomic mass is 9.85. The van der Waals surface area contributed by atoms with E-state index >= 15 is 0 Å². The fourth-order valence-electron chi connectivity index (χ4n) is 6.94. The zero-order valence-corrected chi connectivity index (χ0v) is 32.2. The van der Waals surface area contributed by atoms with Crippen LogP contribution in [0.15, 0.2) is 121 Å². The molecule has 0 radical (unpaired) electrons. The normalized spacial score (nSPS) is 13.0. The average molecular weight is 660 g/mol. The number of hydrogen-bond donors (Lipinski definition) is 0. The second-order valence-corrected chi connectivity index (χ2v) is 16.2. The van der Waals surface area contributed by atoms with Crippen molar-refractivity contribution in [3.63, 3.8) is 0 Å². The maximum absolute atomic E-state index is 5.33. The Labute approximate surface area is 303 Å². The predicted octanol–water partition coefficient (Wildman–Crippen LogP) is 14.2. The van der Waals surface area contributed by atoms with Crippen LogP contribution in [-0.4, -0.2) is 5.71 Å². The Balaban J connectivity index is 1.65. The molecular formula is C49H57N. The lowest BCUT2D eigenvalue weighted by Crippen LogP contribution is -2.16. The van der Waals surface area contributed by atoms with Gasteiger partial charge in [0, 0.05) is 11.5 Å². The van der Waals surface area contributed by atoms with Gasteiger partial charge < -0.3 is 0 Å². The first-order chi connectivity index (χ1) is 23.7. The number of aryl methyl sites for hydroxylation is 2. The van der Waals surface area contributed by atoms with Crippen molar-refractivity contribution in [3.8, 4) is 33.4 Å². The number of hydrogen-bond acceptors (Lipinski definition) is 1. The fraction of sp³-hybridized carbons (Fsp3) is 0.327. The lowest BCUT2D eigenvalue weighted by molar-refractivity contribution is 0.590. The predicted molar refractivity (Wildman–Crippen MR) is 220 cm³/mol. The maximum atomic E-state index is 5.33. The summed E-state index contributed by atoms with van der Waals surface area (Å²) in [5.41, 5.74) is 16.9. The van der Waals surface area contributed by atoms with Crippen LogP contribution in [0.1, 0.15) is 108 Å². The summed E-state index contributed by atoms with van der Waals surface area (Å²) in [4.78, 5) is 5.33. The SMILES string of the molecule is C=C(N=C(c1cccc(-c2cc(-c3ccc(C(C)(C)C)cc3)cc(-c3ccc(C(C)(C)C)cc3)c2)c1)C(CC)CCC)c1cc(C)cc(C)c1. The first-order valence-electron chi connectivity index (χ1n) is 18.5. The molecule has 0 N–H and O–H groups in total. The second-order valence-electron chi connectivity index (χ2n) is 16.2. The third kappa shape index (κ3) is 8.80. The Morgan fingerprint density at radius 1 is 0.560 bits per heavy atom. The molecule has 0 aliphatic carbocycles. The van der Waals surface area contributed by atoms with E-state index in [-0.39, 0.29) is 10.8 Å². The average Bonchev–Trinajstić information content (AvgIpc) is 3.08. The Morgan fingerprint density at radius 2 is 1.04 bits per heavy atom. The summed E-state index contributed by atoms with van der Waals surface area (Å²) in [5, 5.41) is 0. The van der Waals surface area contributed by atoms with Crippen molar-refractivity contribution in [3.05, 3.63) is 149 Å². The molecule has 1 heteroatoms. The van der Waals surface area contributed by atoms with E-state index in [1.165, 1.54) is 61.2 Å². The zero-order valence-electron chi connectivity index (χ0n) is 32.2. The first kappa shape index (κ1) is 36.8. The topological polar surface area (TPSA) is 12.4 Å². The molecular weight excluding hydrogens is 603 g/mol. The molecule has 0 bridgehead atoms. The summed E-state index contributed by atoms with van der Waals surface area (Å²) >= 11 is 0. The maximum Gasteiger partial charge on any atom is 0.0634 e. The fourth-order valence-corrected chi connectivity index (χ4v) is 6.94. The molecule has 0 aliphatic heterocycles. The third-order valence-corrected chi connectivity index (χ3v) is 9.92. The van der Waals surface area contributed by atoms with Crippen molar-refractivity contribution in [2.45, 2.75) is 99.3 Å². The van der Waals surface area contributed by atoms with Crippen LogP contribution in [0, 0.1) is 19.8 Å². The molecule has 5 aromatic carbocycles. The van der Waals surface area contributed by atoms with Gasteiger partial charge in [-0.25, -0.2) is 0 Å². The third-order valence-electron chi connectivity index (χ3n) is 9.92. The van der Waals surface area contributed by atoms with Crippen molar-refractivity contribution in [1.29, 1.82) is 0 Å². The van der Waals surface area contributed by atoms with Crippen LogP contribution in [0.3, 0.4) is 0 Å². The summed E-state index contributed by atoms with van der Waals surface area (Å²) in [7, 11) is 0. The highest BCUT2D eigenvalue weighted by molar-refractivity contribution is 6.05. The Hall–Kier alpha value is -4.49. The van der Waals surface area contributed by atoms with Crippen molar-refractivity contribution in [2.75, 3.05) is 0 Å². The van der Waals surface area contributed by atoms with Crippen LogP contribution in [0.2, 0.25) is 0 Å². The molecule has 1 atom stereocenters. The minimum atomic E-state index is 0.109. The summed E-state index contributed by atoms with van der Waals surface area (Å²) < 4.78 is 0. The largest absolute Gasteiger partial charge is 0.253 e. The van der Waals surface area contributed by atoms with Gasteiger partial charge in [0.1, 0.15) is 0 Å². The van der Waals surface area contributed by atoms with Gasteiger partial charge in [-0.1, -0.05) is 152 Å². The van der Waals surface area contributed by atoms with Crippen LogP contribution in [0.5, 0.6) is 0 Å². The van der Waals surface area contributed by atoms with Gasteiger partial charge in [-0.3, -0.25) is 4.99 Å². The molecule has 50 heavy (non-hydrogen) atoms. The van der Waals surface area contributed by atoms with Crippen molar-refractivity contribution < 1.29 is 0 Å². The minimum Gasteiger partial charge on any atom is -0.253 e. The van der Waals surface area contributed by atoms with Crippen LogP contribution in [0.4, 0.5) is 0 Å². The molecule has 5 rings (SSSR count). The van der Waals surface area contributed by atoms with Crippen molar-refractivity contribution in [1.82, 2.24) is 0 Å². The standard InChI is InChI=1S/C49H57N/c1-12-15-36(13-2)47(50-35(5)41-27-33(3)26-34(4)28-41)40-17-14-16-39(29-40)44-31-42(37-18-22-45(23-19-37)48(6,7)8)30-43(32-44)38-20-24-46(25-21-38)49(9,10)11/h14,16-32,36H,5,12-13,15H2,1-4,6-11H3. The van der Waals surface area contributed by atoms with Gasteiger partial charge in [-0.2, -0.15) is 0 Å². The number of nitrogens with zero attached hydrogens (tertiary/aromatic N) is 1. The van der Waals surface area contributed by atoms with Gasteiger partial charge in [0.05, 0.1) is 11.4 Å². The van der Waals surface area contributed by atoms with Gasteiger partial charge >= 0.3 is 0 Å². The van der Waals surface area contributed by atoms with Crippen LogP contribution >= 0.6 is 0 Å². The summed E-state index contributed by atoms with van der Waals surface area (Å²) in [6.07, 6.45) is 3.24. The first-order valence-corrected chi connectivity index (χ1v) is 18.5. The van der Waals surface area contributed by atoms with E-state index in [0.717, 1.165) is 36.2 Å². The Kier molecular flexibility index (Phi) is 11.2. The molecule has 0 saturated carbocycles. The van der Waals surface area contributed by atoms with Gasteiger partial charge in [0.25, 0.3) is 0 Å². The van der Waals surface area contributed by atoms with Gasteiger partial charge in [-0.15, -0.1) is 0 Å². The highest BCUT2D eigenvalue weighted by Gasteiger charge is 2.19. The van der Waals surface area contributed by atoms with E-state index in [2.05, 4.69) is 185 Å². The highest BCUT2D eigenvalue weighted by Crippen LogP contribution is 2.36. The quantitative estimate of drug-likeness (QED) is 0.132. The molecule has 0 aromatic heterocycles. The smallest absolute Gasteiger partial charge is 0.0634 e. The molecule has 0 spiro atoms. The number of rotatable bonds is 10. The van der Waals surface area contributed by atoms with E-state index in [0.29, 0.717) is 5.92 Å². The summed E-state index contributed by atoms with van der Waals surface area (Å²) in [5.74, 6) is 0.350. The lowest BCUT2D eigenvalue weighted by Gasteiger charge is -2.20. The van der Waals surface area contributed by atoms with E-state index in [9.17, 15) is 0 Å². The van der Waals surface area contributed by atoms with E-state index in [4.69, 9.17) is 4.99 Å². The molecule has 5 aromatic rings. The number of aliphatic imine (C=N–C) groups is 1. The molecule has 0 heterocycles. The van der Waals surface area contributed by atoms with E-state index < -0.39 is 0 Å². The molecule has 258 valence electrons. The minimum absolute atomic E-state index is 0.109. The molecule has 0 fully saturated rings. The van der Waals surface area contributed by atoms with Gasteiger partial charge in [-0.05, 0) is 124 Å². The Morgan fingerprint density at radius 3 is 1.48 bits per heavy atom. The van der Waals surface area contributed by atoms with Crippen LogP contribution in [0.25, 0.3) is 39.1 Å². The van der Waals surface area contributed by atoms with E-state index in [1.807, 2.05) is 0 Å². The van der Waals surface area contributed by atoms with Crippen LogP contribution < -0.4 is 0 Å². The zero-order chi connectivity index (χ0) is 36.2. The molecule has 0 saturated heterocycles. The highest BCUT2D eigenvalue weighted by atomic mass is 14.8. The second kappa shape index (κ2) is 15.2. The molecule has 1 nitrogen and oxygen atoms in total. The molecule has 1 unspecified atom stereocenters. The monoisotopic (exact) mass is 659 g/mol. The van der Waals surface area contributed by atoms with Crippen molar-refractivity contribution >= 4 is 11.4 Å². The van der Waals surface area contributed by atoms with Gasteiger partial charge in [0.15, 0.2) is 0 Å². The van der Waals surface area contributed by atoms with E-state index in [1.54, 1.807) is 0 Å². The van der Waals surface area contributed by atoms with Crippen molar-refractivity contribution in [2.24, 2.45) is 10.9 Å². The summed E-state index contributed by atoms with van der Waals surface area (Å²) in [6, 6.07) is 40.9. The summed E-state index contributed by atoms with van der Waals surface area (Å²) in [6.45, 7) is 26.9. The molecule has 0 aliphatic rings. The molecule has 0 amide bonds.